The number of nitrogens with zero attached hydrogens (tertiary/aromatic N) is 5. The summed E-state index contributed by atoms with van der Waals surface area (Å²) in [6, 6.07) is 0.0142. The van der Waals surface area contributed by atoms with Gasteiger partial charge in [0.25, 0.3) is 0 Å². The first-order chi connectivity index (χ1) is 14.1. The minimum Gasteiger partial charge on any atom is -0.444 e. The second-order valence-electron chi connectivity index (χ2n) is 8.26. The molecule has 0 unspecified atom stereocenters. The van der Waals surface area contributed by atoms with E-state index in [1.54, 1.807) is 30.6 Å². The largest absolute Gasteiger partial charge is 0.444 e. The number of halogens is 1. The minimum atomic E-state index is -0.585. The van der Waals surface area contributed by atoms with Crippen LogP contribution in [0.5, 0.6) is 0 Å². The van der Waals surface area contributed by atoms with E-state index >= 15 is 0 Å². The lowest BCUT2D eigenvalue weighted by Gasteiger charge is -2.36. The predicted octanol–water partition coefficient (Wildman–Crippen LogP) is 2.69. The monoisotopic (exact) mass is 442 g/mol. The van der Waals surface area contributed by atoms with Gasteiger partial charge in [-0.1, -0.05) is 0 Å². The van der Waals surface area contributed by atoms with Gasteiger partial charge in [-0.05, 0) is 45.2 Å². The number of carbonyl (C=O) groups is 1. The Labute approximate surface area is 179 Å². The molecule has 0 aliphatic carbocycles. The molecule has 1 aromatic rings. The standard InChI is InChI=1S/C18H27ClN6O5/c1-18(2,3)30-17(26)24-8-6-23(7-9-24)15-13(25(27)28)14(21-16(19)22-15)20-12-4-10-29-11-5-12/h12H,4-11H2,1-3H3,(H,20,21,22). The van der Waals surface area contributed by atoms with E-state index in [4.69, 9.17) is 21.1 Å². The molecule has 0 radical (unpaired) electrons. The van der Waals surface area contributed by atoms with Crippen molar-refractivity contribution >= 4 is 35.0 Å². The fourth-order valence-corrected chi connectivity index (χ4v) is 3.53. The van der Waals surface area contributed by atoms with Crippen LogP contribution in [0.2, 0.25) is 5.28 Å². The summed E-state index contributed by atoms with van der Waals surface area (Å²) in [6.45, 7) is 8.04. The van der Waals surface area contributed by atoms with Crippen LogP contribution in [0.4, 0.5) is 22.1 Å². The molecule has 3 heterocycles. The highest BCUT2D eigenvalue weighted by Gasteiger charge is 2.33. The molecule has 0 atom stereocenters. The van der Waals surface area contributed by atoms with Gasteiger partial charge in [-0.2, -0.15) is 9.97 Å². The highest BCUT2D eigenvalue weighted by atomic mass is 35.5. The molecule has 2 saturated heterocycles. The van der Waals surface area contributed by atoms with Crippen LogP contribution in [0, 0.1) is 10.1 Å². The van der Waals surface area contributed by atoms with E-state index in [-0.39, 0.29) is 28.6 Å². The lowest BCUT2D eigenvalue weighted by Crippen LogP contribution is -2.50. The Morgan fingerprint density at radius 3 is 2.43 bits per heavy atom. The lowest BCUT2D eigenvalue weighted by atomic mass is 10.1. The highest BCUT2D eigenvalue weighted by Crippen LogP contribution is 2.35. The first-order valence-electron chi connectivity index (χ1n) is 9.93. The summed E-state index contributed by atoms with van der Waals surface area (Å²) in [5.74, 6) is 0.259. The van der Waals surface area contributed by atoms with Crippen LogP contribution in [-0.4, -0.2) is 76.9 Å². The number of aromatic nitrogens is 2. The molecular weight excluding hydrogens is 416 g/mol. The van der Waals surface area contributed by atoms with Crippen LogP contribution in [-0.2, 0) is 9.47 Å². The maximum absolute atomic E-state index is 12.3. The summed E-state index contributed by atoms with van der Waals surface area (Å²) >= 11 is 6.09. The Bertz CT molecular complexity index is 788. The van der Waals surface area contributed by atoms with Crippen molar-refractivity contribution in [3.05, 3.63) is 15.4 Å². The maximum Gasteiger partial charge on any atom is 0.410 e. The van der Waals surface area contributed by atoms with E-state index in [9.17, 15) is 14.9 Å². The van der Waals surface area contributed by atoms with Crippen LogP contribution in [0.1, 0.15) is 33.6 Å². The molecule has 166 valence electrons. The molecule has 11 nitrogen and oxygen atoms in total. The molecule has 12 heteroatoms. The second-order valence-corrected chi connectivity index (χ2v) is 8.59. The molecule has 2 fully saturated rings. The van der Waals surface area contributed by atoms with Crippen molar-refractivity contribution in [1.82, 2.24) is 14.9 Å². The Morgan fingerprint density at radius 1 is 1.23 bits per heavy atom. The smallest absolute Gasteiger partial charge is 0.410 e. The Morgan fingerprint density at radius 2 is 1.87 bits per heavy atom. The van der Waals surface area contributed by atoms with Crippen molar-refractivity contribution in [3.63, 3.8) is 0 Å². The molecule has 3 rings (SSSR count). The average Bonchev–Trinajstić information content (AvgIpc) is 2.67. The van der Waals surface area contributed by atoms with Gasteiger partial charge in [-0.3, -0.25) is 10.1 Å². The summed E-state index contributed by atoms with van der Waals surface area (Å²) in [4.78, 5) is 35.2. The van der Waals surface area contributed by atoms with Crippen LogP contribution >= 0.6 is 11.6 Å². The third-order valence-corrected chi connectivity index (χ3v) is 4.98. The third-order valence-electron chi connectivity index (χ3n) is 4.81. The summed E-state index contributed by atoms with van der Waals surface area (Å²) < 4.78 is 10.7. The van der Waals surface area contributed by atoms with Gasteiger partial charge in [-0.25, -0.2) is 4.79 Å². The SMILES string of the molecule is CC(C)(C)OC(=O)N1CCN(c2nc(Cl)nc(NC3CCOCC3)c2[N+](=O)[O-])CC1. The molecule has 1 amide bonds. The van der Waals surface area contributed by atoms with Gasteiger partial charge >= 0.3 is 11.8 Å². The molecule has 0 saturated carbocycles. The molecule has 2 aliphatic rings. The van der Waals surface area contributed by atoms with Gasteiger partial charge in [0.15, 0.2) is 0 Å². The van der Waals surface area contributed by atoms with E-state index < -0.39 is 16.6 Å². The van der Waals surface area contributed by atoms with Crippen LogP contribution < -0.4 is 10.2 Å². The van der Waals surface area contributed by atoms with Crippen LogP contribution in [0.25, 0.3) is 0 Å². The van der Waals surface area contributed by atoms with Gasteiger partial charge in [0.1, 0.15) is 5.60 Å². The van der Waals surface area contributed by atoms with Gasteiger partial charge in [0.05, 0.1) is 4.92 Å². The van der Waals surface area contributed by atoms with Crippen molar-refractivity contribution < 1.29 is 19.2 Å². The lowest BCUT2D eigenvalue weighted by molar-refractivity contribution is -0.383. The predicted molar refractivity (Wildman–Crippen MR) is 111 cm³/mol. The van der Waals surface area contributed by atoms with E-state index in [1.165, 1.54) is 0 Å². The first-order valence-corrected chi connectivity index (χ1v) is 10.3. The normalized spacial score (nSPS) is 18.3. The number of nitrogens with one attached hydrogen (secondary N) is 1. The molecule has 30 heavy (non-hydrogen) atoms. The fourth-order valence-electron chi connectivity index (χ4n) is 3.37. The van der Waals surface area contributed by atoms with Crippen molar-refractivity contribution in [2.75, 3.05) is 49.6 Å². The van der Waals surface area contributed by atoms with Crippen molar-refractivity contribution in [3.8, 4) is 0 Å². The van der Waals surface area contributed by atoms with Crippen LogP contribution in [0.3, 0.4) is 0 Å². The van der Waals surface area contributed by atoms with E-state index in [0.717, 1.165) is 12.8 Å². The van der Waals surface area contributed by atoms with Gasteiger partial charge < -0.3 is 24.6 Å². The van der Waals surface area contributed by atoms with E-state index in [0.29, 0.717) is 39.4 Å². The quantitative estimate of drug-likeness (QED) is 0.425. The van der Waals surface area contributed by atoms with Crippen molar-refractivity contribution in [2.24, 2.45) is 0 Å². The first kappa shape index (κ1) is 22.3. The Hall–Kier alpha value is -2.40. The third kappa shape index (κ3) is 5.60. The number of hydrogen-bond acceptors (Lipinski definition) is 9. The Balaban J connectivity index is 1.77. The molecule has 0 spiro atoms. The zero-order valence-electron chi connectivity index (χ0n) is 17.4. The number of nitro groups is 1. The van der Waals surface area contributed by atoms with Gasteiger partial charge in [0.2, 0.25) is 16.9 Å². The molecular formula is C18H27ClN6O5. The fraction of sp³-hybridized carbons (Fsp3) is 0.722. The molecule has 2 aliphatic heterocycles. The number of ether oxygens (including phenoxy) is 2. The molecule has 1 N–H and O–H groups in total. The van der Waals surface area contributed by atoms with E-state index in [1.807, 2.05) is 0 Å². The maximum atomic E-state index is 12.3. The summed E-state index contributed by atoms with van der Waals surface area (Å²) in [7, 11) is 0. The average molecular weight is 443 g/mol. The number of hydrogen-bond donors (Lipinski definition) is 1. The van der Waals surface area contributed by atoms with Crippen LogP contribution in [0.15, 0.2) is 0 Å². The minimum absolute atomic E-state index is 0.0142. The molecule has 1 aromatic heterocycles. The molecule has 0 aromatic carbocycles. The van der Waals surface area contributed by atoms with Gasteiger partial charge in [-0.15, -0.1) is 0 Å². The van der Waals surface area contributed by atoms with Gasteiger partial charge in [0, 0.05) is 45.4 Å². The molecule has 0 bridgehead atoms. The zero-order valence-corrected chi connectivity index (χ0v) is 18.1. The number of rotatable bonds is 4. The zero-order chi connectivity index (χ0) is 21.9. The summed E-state index contributed by atoms with van der Waals surface area (Å²) in [6.07, 6.45) is 1.05. The second kappa shape index (κ2) is 9.17. The van der Waals surface area contributed by atoms with Crippen molar-refractivity contribution in [2.45, 2.75) is 45.3 Å². The van der Waals surface area contributed by atoms with E-state index in [2.05, 4.69) is 15.3 Å². The number of amides is 1. The Kier molecular flexibility index (Phi) is 6.81. The topological polar surface area (TPSA) is 123 Å². The van der Waals surface area contributed by atoms with Crippen molar-refractivity contribution in [1.29, 1.82) is 0 Å². The number of piperazine rings is 1. The highest BCUT2D eigenvalue weighted by molar-refractivity contribution is 6.28. The number of anilines is 2. The summed E-state index contributed by atoms with van der Waals surface area (Å²) in [5.41, 5.74) is -0.797. The summed E-state index contributed by atoms with van der Waals surface area (Å²) in [5, 5.41) is 14.9. The number of carbonyl (C=O) groups excluding carboxylic acids is 1.